The number of furan rings is 1. The summed E-state index contributed by atoms with van der Waals surface area (Å²) in [6, 6.07) is 12.7. The summed E-state index contributed by atoms with van der Waals surface area (Å²) in [5.74, 6) is 0.349. The van der Waals surface area contributed by atoms with Crippen molar-refractivity contribution >= 4 is 34.4 Å². The molecular formula is C22H23ClN2O4. The van der Waals surface area contributed by atoms with Crippen LogP contribution in [-0.2, 0) is 22.6 Å². The predicted octanol–water partition coefficient (Wildman–Crippen LogP) is 3.80. The lowest BCUT2D eigenvalue weighted by Gasteiger charge is -2.20. The average Bonchev–Trinajstić information content (AvgIpc) is 3.13. The summed E-state index contributed by atoms with van der Waals surface area (Å²) in [4.78, 5) is 26.5. The number of carbonyl (C=O) groups is 2. The zero-order valence-corrected chi connectivity index (χ0v) is 17.2. The fourth-order valence-electron chi connectivity index (χ4n) is 3.01. The van der Waals surface area contributed by atoms with E-state index in [1.54, 1.807) is 31.6 Å². The summed E-state index contributed by atoms with van der Waals surface area (Å²) in [5.41, 5.74) is 2.39. The highest BCUT2D eigenvalue weighted by molar-refractivity contribution is 6.30. The Kier molecular flexibility index (Phi) is 6.77. The Bertz CT molecular complexity index is 998. The van der Waals surface area contributed by atoms with E-state index in [2.05, 4.69) is 5.32 Å². The lowest BCUT2D eigenvalue weighted by Crippen LogP contribution is -2.41. The molecule has 0 radical (unpaired) electrons. The van der Waals surface area contributed by atoms with Gasteiger partial charge in [0.05, 0.1) is 26.3 Å². The largest absolute Gasteiger partial charge is 0.497 e. The first-order chi connectivity index (χ1) is 14.0. The van der Waals surface area contributed by atoms with Crippen LogP contribution in [0.1, 0.15) is 18.1 Å². The van der Waals surface area contributed by atoms with Crippen LogP contribution < -0.4 is 10.1 Å². The van der Waals surface area contributed by atoms with Gasteiger partial charge in [0, 0.05) is 35.1 Å². The van der Waals surface area contributed by atoms with Crippen LogP contribution in [0.15, 0.2) is 53.1 Å². The van der Waals surface area contributed by atoms with E-state index in [1.807, 2.05) is 31.2 Å². The summed E-state index contributed by atoms with van der Waals surface area (Å²) in [6.07, 6.45) is 1.74. The van der Waals surface area contributed by atoms with Crippen molar-refractivity contribution in [3.8, 4) is 5.75 Å². The summed E-state index contributed by atoms with van der Waals surface area (Å²) >= 11 is 5.86. The van der Waals surface area contributed by atoms with Gasteiger partial charge in [-0.3, -0.25) is 9.59 Å². The first-order valence-electron chi connectivity index (χ1n) is 9.33. The van der Waals surface area contributed by atoms with Crippen LogP contribution in [0.25, 0.3) is 11.0 Å². The van der Waals surface area contributed by atoms with Gasteiger partial charge in [-0.05, 0) is 36.8 Å². The Hall–Kier alpha value is -2.99. The van der Waals surface area contributed by atoms with Gasteiger partial charge in [0.2, 0.25) is 11.8 Å². The van der Waals surface area contributed by atoms with Gasteiger partial charge in [0.25, 0.3) is 0 Å². The minimum absolute atomic E-state index is 0.00648. The zero-order valence-electron chi connectivity index (χ0n) is 16.4. The molecule has 2 aromatic carbocycles. The maximum atomic E-state index is 12.7. The zero-order chi connectivity index (χ0) is 20.8. The Morgan fingerprint density at radius 1 is 1.17 bits per heavy atom. The molecule has 6 nitrogen and oxygen atoms in total. The molecule has 0 bridgehead atoms. The number of nitrogens with one attached hydrogen (secondary N) is 1. The van der Waals surface area contributed by atoms with E-state index in [9.17, 15) is 9.59 Å². The lowest BCUT2D eigenvalue weighted by atomic mass is 10.1. The van der Waals surface area contributed by atoms with Crippen molar-refractivity contribution in [1.82, 2.24) is 10.2 Å². The van der Waals surface area contributed by atoms with E-state index in [4.69, 9.17) is 20.8 Å². The molecule has 29 heavy (non-hydrogen) atoms. The van der Waals surface area contributed by atoms with E-state index in [0.717, 1.165) is 16.5 Å². The maximum Gasteiger partial charge on any atom is 0.239 e. The predicted molar refractivity (Wildman–Crippen MR) is 112 cm³/mol. The Labute approximate surface area is 174 Å². The van der Waals surface area contributed by atoms with E-state index in [0.29, 0.717) is 29.4 Å². The van der Waals surface area contributed by atoms with Crippen LogP contribution in [0, 0.1) is 0 Å². The topological polar surface area (TPSA) is 71.8 Å². The summed E-state index contributed by atoms with van der Waals surface area (Å²) in [5, 5.41) is 4.34. The molecule has 1 N–H and O–H groups in total. The number of likely N-dealkylation sites (N-methyl/N-ethyl adjacent to an activating group) is 1. The summed E-state index contributed by atoms with van der Waals surface area (Å²) in [7, 11) is 1.59. The Morgan fingerprint density at radius 2 is 1.93 bits per heavy atom. The third-order valence-electron chi connectivity index (χ3n) is 4.68. The van der Waals surface area contributed by atoms with Crippen molar-refractivity contribution in [3.63, 3.8) is 0 Å². The van der Waals surface area contributed by atoms with Crippen LogP contribution in [0.4, 0.5) is 0 Å². The molecule has 0 spiro atoms. The minimum atomic E-state index is -0.211. The van der Waals surface area contributed by atoms with Gasteiger partial charge in [-0.15, -0.1) is 0 Å². The smallest absolute Gasteiger partial charge is 0.239 e. The molecule has 2 amide bonds. The van der Waals surface area contributed by atoms with Gasteiger partial charge < -0.3 is 19.4 Å². The van der Waals surface area contributed by atoms with Crippen LogP contribution >= 0.6 is 11.6 Å². The molecule has 7 heteroatoms. The maximum absolute atomic E-state index is 12.7. The van der Waals surface area contributed by atoms with Crippen molar-refractivity contribution in [2.45, 2.75) is 19.9 Å². The van der Waals surface area contributed by atoms with Crippen LogP contribution in [0.5, 0.6) is 5.75 Å². The van der Waals surface area contributed by atoms with Crippen molar-refractivity contribution < 1.29 is 18.7 Å². The minimum Gasteiger partial charge on any atom is -0.497 e. The number of halogens is 1. The molecule has 0 aliphatic carbocycles. The van der Waals surface area contributed by atoms with Crippen LogP contribution in [0.2, 0.25) is 5.02 Å². The number of nitrogens with zero attached hydrogens (tertiary/aromatic N) is 1. The van der Waals surface area contributed by atoms with Gasteiger partial charge in [-0.2, -0.15) is 0 Å². The molecule has 0 fully saturated rings. The van der Waals surface area contributed by atoms with Gasteiger partial charge in [-0.1, -0.05) is 23.7 Å². The highest BCUT2D eigenvalue weighted by atomic mass is 35.5. The van der Waals surface area contributed by atoms with Gasteiger partial charge in [0.15, 0.2) is 0 Å². The van der Waals surface area contributed by atoms with Gasteiger partial charge >= 0.3 is 0 Å². The van der Waals surface area contributed by atoms with Crippen molar-refractivity contribution in [1.29, 1.82) is 0 Å². The first kappa shape index (κ1) is 20.7. The Morgan fingerprint density at radius 3 is 2.62 bits per heavy atom. The molecule has 3 rings (SSSR count). The lowest BCUT2D eigenvalue weighted by molar-refractivity contribution is -0.135. The summed E-state index contributed by atoms with van der Waals surface area (Å²) < 4.78 is 10.7. The summed E-state index contributed by atoms with van der Waals surface area (Å²) in [6.45, 7) is 2.68. The molecule has 3 aromatic rings. The van der Waals surface area contributed by atoms with E-state index in [-0.39, 0.29) is 24.8 Å². The second kappa shape index (κ2) is 9.47. The molecular weight excluding hydrogens is 392 g/mol. The standard InChI is InChI=1S/C22H23ClN2O4/c1-3-25(13-21(26)24-12-15-4-6-17(23)7-5-15)22(27)10-16-14-29-20-11-18(28-2)8-9-19(16)20/h4-9,11,14H,3,10,12-13H2,1-2H3,(H,24,26). The molecule has 0 aliphatic heterocycles. The molecule has 0 saturated heterocycles. The number of ether oxygens (including phenoxy) is 1. The molecule has 0 atom stereocenters. The Balaban J connectivity index is 1.58. The molecule has 0 saturated carbocycles. The average molecular weight is 415 g/mol. The van der Waals surface area contributed by atoms with Crippen molar-refractivity contribution in [2.75, 3.05) is 20.2 Å². The third-order valence-corrected chi connectivity index (χ3v) is 4.93. The van der Waals surface area contributed by atoms with Crippen LogP contribution in [-0.4, -0.2) is 36.9 Å². The third kappa shape index (κ3) is 5.29. The number of amides is 2. The van der Waals surface area contributed by atoms with Crippen molar-refractivity contribution in [3.05, 3.63) is 64.9 Å². The monoisotopic (exact) mass is 414 g/mol. The number of hydrogen-bond acceptors (Lipinski definition) is 4. The van der Waals surface area contributed by atoms with Gasteiger partial charge in [-0.25, -0.2) is 0 Å². The highest BCUT2D eigenvalue weighted by Gasteiger charge is 2.18. The fourth-order valence-corrected chi connectivity index (χ4v) is 3.14. The number of methoxy groups -OCH3 is 1. The van der Waals surface area contributed by atoms with Crippen LogP contribution in [0.3, 0.4) is 0 Å². The molecule has 1 aromatic heterocycles. The van der Waals surface area contributed by atoms with E-state index < -0.39 is 0 Å². The number of rotatable bonds is 8. The molecule has 0 aliphatic rings. The van der Waals surface area contributed by atoms with E-state index >= 15 is 0 Å². The number of fused-ring (bicyclic) bond motifs is 1. The highest BCUT2D eigenvalue weighted by Crippen LogP contribution is 2.26. The van der Waals surface area contributed by atoms with Gasteiger partial charge in [0.1, 0.15) is 11.3 Å². The second-order valence-electron chi connectivity index (χ2n) is 6.61. The normalized spacial score (nSPS) is 10.7. The number of hydrogen-bond donors (Lipinski definition) is 1. The molecule has 0 unspecified atom stereocenters. The SMILES string of the molecule is CCN(CC(=O)NCc1ccc(Cl)cc1)C(=O)Cc1coc2cc(OC)ccc12. The quantitative estimate of drug-likeness (QED) is 0.608. The van der Waals surface area contributed by atoms with E-state index in [1.165, 1.54) is 4.90 Å². The fraction of sp³-hybridized carbons (Fsp3) is 0.273. The van der Waals surface area contributed by atoms with Crippen molar-refractivity contribution in [2.24, 2.45) is 0 Å². The molecule has 1 heterocycles. The number of benzene rings is 2. The molecule has 152 valence electrons. The number of carbonyl (C=O) groups excluding carboxylic acids is 2. The first-order valence-corrected chi connectivity index (χ1v) is 9.71. The second-order valence-corrected chi connectivity index (χ2v) is 7.05.